The molecule has 2 aliphatic rings. The number of nitrogens with one attached hydrogen (secondary N) is 1. The molecule has 1 saturated heterocycles. The highest BCUT2D eigenvalue weighted by Gasteiger charge is 2.31. The average Bonchev–Trinajstić information content (AvgIpc) is 3.16. The van der Waals surface area contributed by atoms with Crippen molar-refractivity contribution < 1.29 is 22.7 Å². The van der Waals surface area contributed by atoms with Gasteiger partial charge in [0.05, 0.1) is 10.6 Å². The maximum Gasteiger partial charge on any atom is 0.265 e. The van der Waals surface area contributed by atoms with E-state index in [1.807, 2.05) is 36.4 Å². The number of hydrogen-bond acceptors (Lipinski definition) is 5. The lowest BCUT2D eigenvalue weighted by Gasteiger charge is -2.30. The Hall–Kier alpha value is -3.43. The first-order valence-corrected chi connectivity index (χ1v) is 13.2. The zero-order chi connectivity index (χ0) is 24.4. The molecule has 0 bridgehead atoms. The number of benzene rings is 3. The Morgan fingerprint density at radius 2 is 1.69 bits per heavy atom. The normalized spacial score (nSPS) is 16.9. The van der Waals surface area contributed by atoms with Gasteiger partial charge in [0.25, 0.3) is 5.91 Å². The number of amides is 2. The van der Waals surface area contributed by atoms with Crippen molar-refractivity contribution in [3.05, 3.63) is 60.7 Å². The molecule has 0 aromatic heterocycles. The minimum absolute atomic E-state index is 0.0934. The molecule has 2 aliphatic heterocycles. The number of sulfonamides is 1. The molecule has 0 radical (unpaired) electrons. The lowest BCUT2D eigenvalue weighted by atomic mass is 10.1. The summed E-state index contributed by atoms with van der Waals surface area (Å²) in [6.45, 7) is 0.483. The fourth-order valence-corrected chi connectivity index (χ4v) is 6.15. The van der Waals surface area contributed by atoms with Gasteiger partial charge in [-0.25, -0.2) is 8.42 Å². The third-order valence-electron chi connectivity index (χ3n) is 6.44. The van der Waals surface area contributed by atoms with Crippen molar-refractivity contribution >= 4 is 44.0 Å². The van der Waals surface area contributed by atoms with Gasteiger partial charge in [0.1, 0.15) is 12.3 Å². The molecule has 2 amide bonds. The Morgan fingerprint density at radius 1 is 0.943 bits per heavy atom. The van der Waals surface area contributed by atoms with Gasteiger partial charge in [0.2, 0.25) is 15.9 Å². The first kappa shape index (κ1) is 23.3. The second-order valence-corrected chi connectivity index (χ2v) is 10.7. The Bertz CT molecular complexity index is 1380. The van der Waals surface area contributed by atoms with Gasteiger partial charge in [0, 0.05) is 24.2 Å². The van der Waals surface area contributed by atoms with E-state index in [0.29, 0.717) is 24.5 Å². The van der Waals surface area contributed by atoms with Crippen molar-refractivity contribution in [3.8, 4) is 5.75 Å². The van der Waals surface area contributed by atoms with Crippen LogP contribution in [-0.2, 0) is 19.6 Å². The van der Waals surface area contributed by atoms with Gasteiger partial charge in [0.15, 0.2) is 6.61 Å². The minimum atomic E-state index is -3.72. The van der Waals surface area contributed by atoms with Crippen molar-refractivity contribution in [2.24, 2.45) is 0 Å². The highest BCUT2D eigenvalue weighted by molar-refractivity contribution is 7.89. The van der Waals surface area contributed by atoms with E-state index in [9.17, 15) is 18.0 Å². The van der Waals surface area contributed by atoms with Crippen molar-refractivity contribution in [1.82, 2.24) is 4.31 Å². The number of rotatable bonds is 5. The summed E-state index contributed by atoms with van der Waals surface area (Å²) in [5.41, 5.74) is 0.928. The summed E-state index contributed by atoms with van der Waals surface area (Å²) < 4.78 is 33.6. The number of ether oxygens (including phenoxy) is 1. The second-order valence-electron chi connectivity index (χ2n) is 8.79. The van der Waals surface area contributed by atoms with Crippen molar-refractivity contribution in [2.45, 2.75) is 30.6 Å². The van der Waals surface area contributed by atoms with Crippen LogP contribution >= 0.6 is 0 Å². The maximum atomic E-state index is 13.3. The van der Waals surface area contributed by atoms with Gasteiger partial charge in [-0.1, -0.05) is 49.2 Å². The third-order valence-corrected chi connectivity index (χ3v) is 8.34. The fourth-order valence-electron chi connectivity index (χ4n) is 4.61. The number of anilines is 2. The van der Waals surface area contributed by atoms with Crippen molar-refractivity contribution in [3.63, 3.8) is 0 Å². The Morgan fingerprint density at radius 3 is 2.49 bits per heavy atom. The van der Waals surface area contributed by atoms with E-state index in [1.165, 1.54) is 21.3 Å². The van der Waals surface area contributed by atoms with Gasteiger partial charge in [-0.15, -0.1) is 0 Å². The summed E-state index contributed by atoms with van der Waals surface area (Å²) in [5, 5.41) is 4.77. The average molecular weight is 494 g/mol. The van der Waals surface area contributed by atoms with E-state index in [4.69, 9.17) is 4.74 Å². The summed E-state index contributed by atoms with van der Waals surface area (Å²) in [6, 6.07) is 17.8. The zero-order valence-electron chi connectivity index (χ0n) is 19.3. The van der Waals surface area contributed by atoms with E-state index in [0.717, 1.165) is 36.5 Å². The van der Waals surface area contributed by atoms with Crippen LogP contribution < -0.4 is 15.0 Å². The monoisotopic (exact) mass is 493 g/mol. The molecule has 3 aromatic rings. The number of nitrogens with zero attached hydrogens (tertiary/aromatic N) is 2. The van der Waals surface area contributed by atoms with Crippen molar-refractivity contribution in [2.75, 3.05) is 36.5 Å². The Kier molecular flexibility index (Phi) is 6.44. The lowest BCUT2D eigenvalue weighted by molar-refractivity contribution is -0.123. The van der Waals surface area contributed by atoms with Crippen LogP contribution in [-0.4, -0.2) is 50.8 Å². The van der Waals surface area contributed by atoms with Gasteiger partial charge in [-0.3, -0.25) is 14.5 Å². The molecule has 0 atom stereocenters. The van der Waals surface area contributed by atoms with Crippen molar-refractivity contribution in [1.29, 1.82) is 0 Å². The number of carbonyl (C=O) groups is 2. The summed E-state index contributed by atoms with van der Waals surface area (Å²) in [4.78, 5) is 27.1. The molecule has 0 spiro atoms. The maximum absolute atomic E-state index is 13.3. The molecule has 35 heavy (non-hydrogen) atoms. The Labute approximate surface area is 204 Å². The second kappa shape index (κ2) is 9.67. The van der Waals surface area contributed by atoms with Gasteiger partial charge in [-0.05, 0) is 42.5 Å². The molecule has 0 aliphatic carbocycles. The van der Waals surface area contributed by atoms with Crippen LogP contribution in [0.5, 0.6) is 5.75 Å². The van der Waals surface area contributed by atoms with E-state index in [-0.39, 0.29) is 29.6 Å². The molecule has 8 nitrogen and oxygen atoms in total. The lowest BCUT2D eigenvalue weighted by Crippen LogP contribution is -2.43. The summed E-state index contributed by atoms with van der Waals surface area (Å²) in [7, 11) is -3.72. The predicted molar refractivity (Wildman–Crippen MR) is 134 cm³/mol. The number of fused-ring (bicyclic) bond motifs is 2. The SMILES string of the molecule is O=C(CN1C(=O)COc2ccc(S(=O)(=O)N3CCCCCC3)cc21)Nc1cccc2ccccc12. The number of hydrogen-bond donors (Lipinski definition) is 1. The quantitative estimate of drug-likeness (QED) is 0.584. The summed E-state index contributed by atoms with van der Waals surface area (Å²) in [5.74, 6) is -0.421. The summed E-state index contributed by atoms with van der Waals surface area (Å²) >= 11 is 0. The third kappa shape index (κ3) is 4.74. The van der Waals surface area contributed by atoms with Crippen LogP contribution in [0.3, 0.4) is 0 Å². The smallest absolute Gasteiger partial charge is 0.265 e. The predicted octanol–water partition coefficient (Wildman–Crippen LogP) is 3.77. The molecule has 0 saturated carbocycles. The van der Waals surface area contributed by atoms with Crippen LogP contribution in [0.15, 0.2) is 65.6 Å². The van der Waals surface area contributed by atoms with Crippen LogP contribution in [0.4, 0.5) is 11.4 Å². The zero-order valence-corrected chi connectivity index (χ0v) is 20.1. The summed E-state index contributed by atoms with van der Waals surface area (Å²) in [6.07, 6.45) is 3.68. The number of carbonyl (C=O) groups excluding carboxylic acids is 2. The van der Waals surface area contributed by atoms with Gasteiger partial charge in [-0.2, -0.15) is 4.31 Å². The van der Waals surface area contributed by atoms with E-state index in [1.54, 1.807) is 12.1 Å². The highest BCUT2D eigenvalue weighted by atomic mass is 32.2. The molecule has 1 N–H and O–H groups in total. The first-order chi connectivity index (χ1) is 16.9. The van der Waals surface area contributed by atoms with E-state index < -0.39 is 15.9 Å². The largest absolute Gasteiger partial charge is 0.482 e. The Balaban J connectivity index is 1.41. The van der Waals surface area contributed by atoms with Gasteiger partial charge >= 0.3 is 0 Å². The molecule has 5 rings (SSSR count). The molecule has 2 heterocycles. The first-order valence-electron chi connectivity index (χ1n) is 11.8. The van der Waals surface area contributed by atoms with E-state index in [2.05, 4.69) is 5.32 Å². The molecule has 3 aromatic carbocycles. The molecule has 182 valence electrons. The van der Waals surface area contributed by atoms with Crippen LogP contribution in [0.1, 0.15) is 25.7 Å². The molecule has 0 unspecified atom stereocenters. The van der Waals surface area contributed by atoms with E-state index >= 15 is 0 Å². The minimum Gasteiger partial charge on any atom is -0.482 e. The topological polar surface area (TPSA) is 96.0 Å². The molecular weight excluding hydrogens is 466 g/mol. The van der Waals surface area contributed by atoms with Crippen LogP contribution in [0, 0.1) is 0 Å². The van der Waals surface area contributed by atoms with Crippen LogP contribution in [0.25, 0.3) is 10.8 Å². The van der Waals surface area contributed by atoms with Crippen LogP contribution in [0.2, 0.25) is 0 Å². The highest BCUT2D eigenvalue weighted by Crippen LogP contribution is 2.35. The molecular formula is C26H27N3O5S. The molecule has 1 fully saturated rings. The molecule has 9 heteroatoms. The standard InChI is InChI=1S/C26H27N3O5S/c30-25(27-22-11-7-9-19-8-3-4-10-21(19)22)17-29-23-16-20(12-13-24(23)34-18-26(29)31)35(32,33)28-14-5-1-2-6-15-28/h3-4,7-13,16H,1-2,5-6,14-15,17-18H2,(H,27,30). The van der Waals surface area contributed by atoms with Gasteiger partial charge < -0.3 is 10.1 Å². The fraction of sp³-hybridized carbons (Fsp3) is 0.308.